The molecule has 1 aliphatic carbocycles. The predicted molar refractivity (Wildman–Crippen MR) is 173 cm³/mol. The van der Waals surface area contributed by atoms with Gasteiger partial charge in [0, 0.05) is 49.7 Å². The molecule has 1 saturated heterocycles. The molecule has 6 nitrogen and oxygen atoms in total. The molecule has 0 unspecified atom stereocenters. The largest absolute Gasteiger partial charge is 0.493 e. The lowest BCUT2D eigenvalue weighted by atomic mass is 9.78. The molecule has 2 fully saturated rings. The van der Waals surface area contributed by atoms with Crippen molar-refractivity contribution in [3.8, 4) is 11.5 Å². The number of hydrogen-bond acceptors (Lipinski definition) is 6. The van der Waals surface area contributed by atoms with E-state index in [4.69, 9.17) is 14.2 Å². The fraction of sp³-hybridized carbons (Fsp3) is 0.500. The molecule has 3 aliphatic rings. The first-order valence-electron chi connectivity index (χ1n) is 15.5. The van der Waals surface area contributed by atoms with E-state index in [1.165, 1.54) is 52.8 Å². The summed E-state index contributed by atoms with van der Waals surface area (Å²) in [5, 5.41) is 3.57. The summed E-state index contributed by atoms with van der Waals surface area (Å²) in [5.74, 6) is 3.04. The first kappa shape index (κ1) is 29.9. The number of likely N-dealkylation sites (tertiary alicyclic amines) is 1. The number of rotatable bonds is 10. The smallest absolute Gasteiger partial charge is 0.182 e. The SMILES string of the molecule is C=C(OC(C)(C)C)N1CCC(N(CC2=CNCC(c3cc(OC)c(OC)c(C4CCC4)c3)=C2)c2ccc(C)cc2)CC1. The highest BCUT2D eigenvalue weighted by atomic mass is 16.5. The third kappa shape index (κ3) is 6.91. The fourth-order valence-corrected chi connectivity index (χ4v) is 6.30. The Bertz CT molecular complexity index is 1310. The van der Waals surface area contributed by atoms with Crippen molar-refractivity contribution in [2.75, 3.05) is 45.3 Å². The van der Waals surface area contributed by atoms with Crippen LogP contribution in [0.4, 0.5) is 5.69 Å². The van der Waals surface area contributed by atoms with E-state index in [9.17, 15) is 0 Å². The molecule has 5 rings (SSSR count). The molecule has 226 valence electrons. The third-order valence-electron chi connectivity index (χ3n) is 8.76. The summed E-state index contributed by atoms with van der Waals surface area (Å²) in [6.07, 6.45) is 10.4. The van der Waals surface area contributed by atoms with Crippen LogP contribution in [0.15, 0.2) is 66.7 Å². The van der Waals surface area contributed by atoms with Gasteiger partial charge >= 0.3 is 0 Å². The van der Waals surface area contributed by atoms with Gasteiger partial charge < -0.3 is 29.3 Å². The number of anilines is 1. The Hall–Kier alpha value is -3.54. The van der Waals surface area contributed by atoms with Crippen molar-refractivity contribution in [2.45, 2.75) is 77.4 Å². The summed E-state index contributed by atoms with van der Waals surface area (Å²) < 4.78 is 17.7. The standard InChI is InChI=1S/C36H49N3O3/c1-25-11-13-31(14-12-25)39(32-15-17-38(18-16-32)26(2)42-36(3,4)5)24-27-19-30(23-37-22-27)29-20-33(28-9-8-10-28)35(41-7)34(21-29)40-6/h11-14,19-22,28,32,37H,2,8-10,15-18,23-24H2,1,3-7H3. The van der Waals surface area contributed by atoms with E-state index in [1.807, 2.05) is 0 Å². The average Bonchev–Trinajstić information content (AvgIpc) is 2.94. The van der Waals surface area contributed by atoms with Crippen molar-refractivity contribution in [3.05, 3.63) is 83.4 Å². The zero-order valence-corrected chi connectivity index (χ0v) is 26.5. The highest BCUT2D eigenvalue weighted by Crippen LogP contribution is 2.46. The summed E-state index contributed by atoms with van der Waals surface area (Å²) >= 11 is 0. The molecule has 2 aliphatic heterocycles. The molecule has 2 aromatic carbocycles. The second-order valence-electron chi connectivity index (χ2n) is 13.0. The van der Waals surface area contributed by atoms with Gasteiger partial charge in [0.05, 0.1) is 14.2 Å². The van der Waals surface area contributed by atoms with Crippen LogP contribution in [-0.2, 0) is 4.74 Å². The maximum absolute atomic E-state index is 6.09. The summed E-state index contributed by atoms with van der Waals surface area (Å²) in [5.41, 5.74) is 7.35. The van der Waals surface area contributed by atoms with Crippen LogP contribution < -0.4 is 19.7 Å². The van der Waals surface area contributed by atoms with E-state index in [-0.39, 0.29) is 5.60 Å². The quantitative estimate of drug-likeness (QED) is 0.300. The minimum Gasteiger partial charge on any atom is -0.493 e. The van der Waals surface area contributed by atoms with Crippen LogP contribution >= 0.6 is 0 Å². The van der Waals surface area contributed by atoms with Crippen molar-refractivity contribution in [1.82, 2.24) is 10.2 Å². The molecule has 42 heavy (non-hydrogen) atoms. The average molecular weight is 572 g/mol. The molecule has 1 saturated carbocycles. The molecule has 0 radical (unpaired) electrons. The Morgan fingerprint density at radius 2 is 1.74 bits per heavy atom. The van der Waals surface area contributed by atoms with Gasteiger partial charge in [-0.2, -0.15) is 0 Å². The van der Waals surface area contributed by atoms with Crippen molar-refractivity contribution >= 4 is 11.3 Å². The second-order valence-corrected chi connectivity index (χ2v) is 13.0. The van der Waals surface area contributed by atoms with Gasteiger partial charge in [0.15, 0.2) is 17.4 Å². The highest BCUT2D eigenvalue weighted by molar-refractivity contribution is 5.74. The Labute approximate surface area is 253 Å². The monoisotopic (exact) mass is 571 g/mol. The zero-order chi connectivity index (χ0) is 29.9. The topological polar surface area (TPSA) is 46.2 Å². The van der Waals surface area contributed by atoms with E-state index in [0.717, 1.165) is 56.4 Å². The number of ether oxygens (including phenoxy) is 3. The predicted octanol–water partition coefficient (Wildman–Crippen LogP) is 7.41. The lowest BCUT2D eigenvalue weighted by Gasteiger charge is -2.42. The van der Waals surface area contributed by atoms with Gasteiger partial charge in [-0.1, -0.05) is 30.2 Å². The van der Waals surface area contributed by atoms with Crippen molar-refractivity contribution in [2.24, 2.45) is 0 Å². The molecule has 0 amide bonds. The molecule has 2 aromatic rings. The van der Waals surface area contributed by atoms with Crippen LogP contribution in [0.3, 0.4) is 0 Å². The third-order valence-corrected chi connectivity index (χ3v) is 8.76. The molecule has 2 heterocycles. The molecule has 0 bridgehead atoms. The van der Waals surface area contributed by atoms with E-state index in [2.05, 4.69) is 98.1 Å². The summed E-state index contributed by atoms with van der Waals surface area (Å²) in [6, 6.07) is 13.9. The number of aryl methyl sites for hydroxylation is 1. The van der Waals surface area contributed by atoms with Gasteiger partial charge in [-0.25, -0.2) is 0 Å². The van der Waals surface area contributed by atoms with Gasteiger partial charge in [0.2, 0.25) is 0 Å². The van der Waals surface area contributed by atoms with Gasteiger partial charge in [-0.3, -0.25) is 0 Å². The molecule has 0 spiro atoms. The number of nitrogens with one attached hydrogen (secondary N) is 1. The van der Waals surface area contributed by atoms with Crippen LogP contribution in [0, 0.1) is 6.92 Å². The van der Waals surface area contributed by atoms with Crippen molar-refractivity contribution < 1.29 is 14.2 Å². The number of nitrogens with zero attached hydrogens (tertiary/aromatic N) is 2. The number of dihydropyridines is 1. The highest BCUT2D eigenvalue weighted by Gasteiger charge is 2.29. The van der Waals surface area contributed by atoms with Crippen molar-refractivity contribution in [3.63, 3.8) is 0 Å². The first-order chi connectivity index (χ1) is 20.1. The number of methoxy groups -OCH3 is 2. The van der Waals surface area contributed by atoms with Crippen LogP contribution in [0.5, 0.6) is 11.5 Å². The number of benzene rings is 2. The van der Waals surface area contributed by atoms with E-state index >= 15 is 0 Å². The normalized spacial score (nSPS) is 17.9. The zero-order valence-electron chi connectivity index (χ0n) is 26.5. The van der Waals surface area contributed by atoms with Gasteiger partial charge in [-0.15, -0.1) is 0 Å². The van der Waals surface area contributed by atoms with Crippen LogP contribution in [0.1, 0.15) is 75.5 Å². The fourth-order valence-electron chi connectivity index (χ4n) is 6.30. The maximum atomic E-state index is 6.09. The van der Waals surface area contributed by atoms with Crippen LogP contribution in [-0.4, -0.2) is 56.9 Å². The molecular weight excluding hydrogens is 522 g/mol. The Balaban J connectivity index is 1.37. The summed E-state index contributed by atoms with van der Waals surface area (Å²) in [7, 11) is 3.49. The van der Waals surface area contributed by atoms with E-state index in [0.29, 0.717) is 12.0 Å². The van der Waals surface area contributed by atoms with Crippen molar-refractivity contribution in [1.29, 1.82) is 0 Å². The molecule has 1 N–H and O–H groups in total. The van der Waals surface area contributed by atoms with Gasteiger partial charge in [0.25, 0.3) is 0 Å². The maximum Gasteiger partial charge on any atom is 0.182 e. The van der Waals surface area contributed by atoms with Gasteiger partial charge in [0.1, 0.15) is 5.60 Å². The minimum atomic E-state index is -0.237. The first-order valence-corrected chi connectivity index (χ1v) is 15.5. The van der Waals surface area contributed by atoms with E-state index < -0.39 is 0 Å². The van der Waals surface area contributed by atoms with Gasteiger partial charge in [-0.05, 0) is 107 Å². The molecule has 0 atom stereocenters. The van der Waals surface area contributed by atoms with Crippen LogP contribution in [0.25, 0.3) is 5.57 Å². The lowest BCUT2D eigenvalue weighted by Crippen LogP contribution is -2.46. The van der Waals surface area contributed by atoms with E-state index in [1.54, 1.807) is 14.2 Å². The molecule has 0 aromatic heterocycles. The lowest BCUT2D eigenvalue weighted by molar-refractivity contribution is -0.00289. The Kier molecular flexibility index (Phi) is 9.10. The van der Waals surface area contributed by atoms with Crippen LogP contribution in [0.2, 0.25) is 0 Å². The number of hydrogen-bond donors (Lipinski definition) is 1. The molecular formula is C36H49N3O3. The Morgan fingerprint density at radius 1 is 1.02 bits per heavy atom. The summed E-state index contributed by atoms with van der Waals surface area (Å²) in [6.45, 7) is 16.1. The Morgan fingerprint density at radius 3 is 2.33 bits per heavy atom. The minimum absolute atomic E-state index is 0.237. The molecule has 6 heteroatoms. The summed E-state index contributed by atoms with van der Waals surface area (Å²) in [4.78, 5) is 4.89. The second kappa shape index (κ2) is 12.8. The number of piperidine rings is 1.